The summed E-state index contributed by atoms with van der Waals surface area (Å²) in [6, 6.07) is 9.65. The summed E-state index contributed by atoms with van der Waals surface area (Å²) in [7, 11) is -1.96. The lowest BCUT2D eigenvalue weighted by molar-refractivity contribution is -0.166. The number of ether oxygens (including phenoxy) is 2. The van der Waals surface area contributed by atoms with E-state index in [-0.39, 0.29) is 35.1 Å². The predicted octanol–water partition coefficient (Wildman–Crippen LogP) is 4.64. The van der Waals surface area contributed by atoms with Gasteiger partial charge in [0.25, 0.3) is 0 Å². The van der Waals surface area contributed by atoms with Crippen LogP contribution in [-0.4, -0.2) is 62.0 Å². The van der Waals surface area contributed by atoms with Crippen LogP contribution in [0.5, 0.6) is 0 Å². The minimum atomic E-state index is -1.96. The van der Waals surface area contributed by atoms with Gasteiger partial charge in [-0.3, -0.25) is 9.59 Å². The van der Waals surface area contributed by atoms with Crippen LogP contribution in [0.3, 0.4) is 0 Å². The van der Waals surface area contributed by atoms with Crippen molar-refractivity contribution in [3.8, 4) is 0 Å². The second-order valence-corrected chi connectivity index (χ2v) is 17.9. The SMILES string of the molecule is CC(C)(C)OC(=O)C([C@@H]1C[C@H]2CO[C@H](c3ccccc3)N2C1=O)[C@H]1C[C@@H](O[Si](C)(C)C(C)(C)C)CN1. The molecular weight excluding hydrogens is 472 g/mol. The number of carbonyl (C=O) groups is 2. The van der Waals surface area contributed by atoms with E-state index in [1.165, 1.54) is 0 Å². The molecule has 0 bridgehead atoms. The van der Waals surface area contributed by atoms with Crippen molar-refractivity contribution in [2.45, 2.75) is 103 Å². The van der Waals surface area contributed by atoms with Gasteiger partial charge in [-0.25, -0.2) is 0 Å². The highest BCUT2D eigenvalue weighted by Crippen LogP contribution is 2.44. The second kappa shape index (κ2) is 9.85. The van der Waals surface area contributed by atoms with Crippen LogP contribution in [0.1, 0.15) is 66.2 Å². The zero-order valence-corrected chi connectivity index (χ0v) is 24.2. The third-order valence-electron chi connectivity index (χ3n) is 8.21. The average molecular weight is 517 g/mol. The lowest BCUT2D eigenvalue weighted by atomic mass is 9.82. The van der Waals surface area contributed by atoms with Gasteiger partial charge in [0.1, 0.15) is 5.60 Å². The van der Waals surface area contributed by atoms with E-state index in [4.69, 9.17) is 13.9 Å². The Kier molecular flexibility index (Phi) is 7.47. The highest BCUT2D eigenvalue weighted by molar-refractivity contribution is 6.74. The molecule has 1 unspecified atom stereocenters. The first-order valence-corrected chi connectivity index (χ1v) is 16.2. The predicted molar refractivity (Wildman–Crippen MR) is 142 cm³/mol. The summed E-state index contributed by atoms with van der Waals surface area (Å²) in [4.78, 5) is 29.3. The van der Waals surface area contributed by atoms with E-state index in [1.807, 2.05) is 56.0 Å². The van der Waals surface area contributed by atoms with Gasteiger partial charge in [0.15, 0.2) is 14.5 Å². The summed E-state index contributed by atoms with van der Waals surface area (Å²) in [5.74, 6) is -1.32. The molecule has 0 aliphatic carbocycles. The van der Waals surface area contributed by atoms with Gasteiger partial charge in [0.2, 0.25) is 5.91 Å². The molecule has 3 heterocycles. The third-order valence-corrected chi connectivity index (χ3v) is 12.7. The topological polar surface area (TPSA) is 77.1 Å². The Morgan fingerprint density at radius 3 is 2.39 bits per heavy atom. The van der Waals surface area contributed by atoms with Gasteiger partial charge in [0.05, 0.1) is 30.6 Å². The zero-order chi connectivity index (χ0) is 26.5. The Hall–Kier alpha value is -1.74. The Balaban J connectivity index is 1.55. The summed E-state index contributed by atoms with van der Waals surface area (Å²) < 4.78 is 18.6. The molecule has 1 amide bonds. The number of fused-ring (bicyclic) bond motifs is 1. The molecule has 1 aromatic carbocycles. The summed E-state index contributed by atoms with van der Waals surface area (Å²) in [6.45, 7) is 18.0. The Labute approximate surface area is 217 Å². The molecule has 200 valence electrons. The minimum Gasteiger partial charge on any atom is -0.460 e. The number of esters is 1. The Morgan fingerprint density at radius 1 is 1.11 bits per heavy atom. The molecule has 1 aromatic rings. The summed E-state index contributed by atoms with van der Waals surface area (Å²) in [6.07, 6.45) is 0.915. The van der Waals surface area contributed by atoms with Crippen molar-refractivity contribution in [2.24, 2.45) is 11.8 Å². The van der Waals surface area contributed by atoms with Crippen LogP contribution >= 0.6 is 0 Å². The first-order chi connectivity index (χ1) is 16.7. The van der Waals surface area contributed by atoms with Crippen LogP contribution in [0, 0.1) is 11.8 Å². The van der Waals surface area contributed by atoms with Gasteiger partial charge in [0, 0.05) is 18.2 Å². The Morgan fingerprint density at radius 2 is 1.78 bits per heavy atom. The molecule has 7 nitrogen and oxygen atoms in total. The molecule has 0 spiro atoms. The van der Waals surface area contributed by atoms with Crippen molar-refractivity contribution in [1.29, 1.82) is 0 Å². The normalized spacial score (nSPS) is 29.9. The van der Waals surface area contributed by atoms with Gasteiger partial charge in [-0.1, -0.05) is 51.1 Å². The third kappa shape index (κ3) is 5.56. The smallest absolute Gasteiger partial charge is 0.311 e. The molecule has 4 rings (SSSR count). The molecule has 3 aliphatic heterocycles. The lowest BCUT2D eigenvalue weighted by Crippen LogP contribution is -2.46. The standard InChI is InChI=1S/C28H44N2O5Si/c1-27(2,3)34-26(32)23(22-15-20(16-29-22)35-36(7,8)28(4,5)6)21-14-19-17-33-25(30(19)24(21)31)18-12-10-9-11-13-18/h9-13,19-23,25,29H,14-17H2,1-8H3/t19-,20+,21-,22+,23?,25+/m0/s1. The second-order valence-electron chi connectivity index (χ2n) is 13.1. The highest BCUT2D eigenvalue weighted by Gasteiger charge is 2.55. The van der Waals surface area contributed by atoms with Crippen molar-refractivity contribution in [2.75, 3.05) is 13.2 Å². The number of nitrogens with one attached hydrogen (secondary N) is 1. The molecule has 6 atom stereocenters. The Bertz CT molecular complexity index is 955. The van der Waals surface area contributed by atoms with E-state index >= 15 is 0 Å². The van der Waals surface area contributed by atoms with Gasteiger partial charge < -0.3 is 24.1 Å². The number of nitrogens with zero attached hydrogens (tertiary/aromatic N) is 1. The van der Waals surface area contributed by atoms with E-state index in [0.29, 0.717) is 26.0 Å². The van der Waals surface area contributed by atoms with Crippen molar-refractivity contribution in [1.82, 2.24) is 10.2 Å². The number of benzene rings is 1. The molecule has 36 heavy (non-hydrogen) atoms. The van der Waals surface area contributed by atoms with Gasteiger partial charge >= 0.3 is 5.97 Å². The van der Waals surface area contributed by atoms with Crippen molar-refractivity contribution < 1.29 is 23.5 Å². The monoisotopic (exact) mass is 516 g/mol. The first-order valence-electron chi connectivity index (χ1n) is 13.3. The molecule has 0 saturated carbocycles. The maximum absolute atomic E-state index is 13.9. The quantitative estimate of drug-likeness (QED) is 0.438. The molecule has 8 heteroatoms. The van der Waals surface area contributed by atoms with Crippen LogP contribution in [0.2, 0.25) is 18.1 Å². The van der Waals surface area contributed by atoms with Crippen molar-refractivity contribution in [3.05, 3.63) is 35.9 Å². The number of hydrogen-bond donors (Lipinski definition) is 1. The number of hydrogen-bond acceptors (Lipinski definition) is 6. The molecule has 3 fully saturated rings. The maximum Gasteiger partial charge on any atom is 0.311 e. The van der Waals surface area contributed by atoms with E-state index < -0.39 is 32.0 Å². The van der Waals surface area contributed by atoms with Crippen LogP contribution in [0.25, 0.3) is 0 Å². The summed E-state index contributed by atoms with van der Waals surface area (Å²) in [5.41, 5.74) is 0.336. The zero-order valence-electron chi connectivity index (χ0n) is 23.2. The number of rotatable bonds is 6. The van der Waals surface area contributed by atoms with Gasteiger partial charge in [-0.15, -0.1) is 0 Å². The molecule has 3 saturated heterocycles. The van der Waals surface area contributed by atoms with Crippen molar-refractivity contribution >= 4 is 20.2 Å². The van der Waals surface area contributed by atoms with Crippen LogP contribution in [0.15, 0.2) is 30.3 Å². The van der Waals surface area contributed by atoms with E-state index in [0.717, 1.165) is 5.56 Å². The fraction of sp³-hybridized carbons (Fsp3) is 0.714. The van der Waals surface area contributed by atoms with E-state index in [9.17, 15) is 9.59 Å². The first kappa shape index (κ1) is 27.3. The van der Waals surface area contributed by atoms with Crippen LogP contribution < -0.4 is 5.32 Å². The summed E-state index contributed by atoms with van der Waals surface area (Å²) in [5, 5.41) is 3.65. The van der Waals surface area contributed by atoms with Crippen LogP contribution in [-0.2, 0) is 23.5 Å². The molecule has 0 aromatic heterocycles. The largest absolute Gasteiger partial charge is 0.460 e. The number of carbonyl (C=O) groups excluding carboxylic acids is 2. The molecule has 3 aliphatic rings. The fourth-order valence-corrected chi connectivity index (χ4v) is 6.83. The van der Waals surface area contributed by atoms with Crippen LogP contribution in [0.4, 0.5) is 0 Å². The van der Waals surface area contributed by atoms with Gasteiger partial charge in [-0.05, 0) is 51.7 Å². The highest BCUT2D eigenvalue weighted by atomic mass is 28.4. The minimum absolute atomic E-state index is 0.0159. The fourth-order valence-electron chi connectivity index (χ4n) is 5.46. The van der Waals surface area contributed by atoms with E-state index in [1.54, 1.807) is 0 Å². The number of amides is 1. The molecule has 1 N–H and O–H groups in total. The lowest BCUT2D eigenvalue weighted by Gasteiger charge is -2.38. The average Bonchev–Trinajstić information content (AvgIpc) is 3.45. The maximum atomic E-state index is 13.9. The molecular formula is C28H44N2O5Si. The van der Waals surface area contributed by atoms with E-state index in [2.05, 4.69) is 39.2 Å². The molecule has 0 radical (unpaired) electrons. The van der Waals surface area contributed by atoms with Gasteiger partial charge in [-0.2, -0.15) is 0 Å². The van der Waals surface area contributed by atoms with Crippen molar-refractivity contribution in [3.63, 3.8) is 0 Å². The summed E-state index contributed by atoms with van der Waals surface area (Å²) >= 11 is 0.